The van der Waals surface area contributed by atoms with Crippen molar-refractivity contribution < 1.29 is 33.7 Å². The summed E-state index contributed by atoms with van der Waals surface area (Å²) in [6, 6.07) is 0.783. The van der Waals surface area contributed by atoms with Gasteiger partial charge in [0.1, 0.15) is 11.1 Å². The molecule has 0 amide bonds. The molecular formula is C10H9FO6. The monoisotopic (exact) mass is 244 g/mol. The van der Waals surface area contributed by atoms with E-state index in [1.54, 1.807) is 0 Å². The van der Waals surface area contributed by atoms with Crippen molar-refractivity contribution in [2.24, 2.45) is 0 Å². The Hall–Kier alpha value is -2.31. The molecule has 0 radical (unpaired) electrons. The average molecular weight is 244 g/mol. The molecule has 1 aromatic carbocycles. The third kappa shape index (κ3) is 2.12. The molecule has 6 nitrogen and oxygen atoms in total. The van der Waals surface area contributed by atoms with Crippen molar-refractivity contribution >= 4 is 11.9 Å². The van der Waals surface area contributed by atoms with Crippen LogP contribution in [0.2, 0.25) is 0 Å². The second-order valence-corrected chi connectivity index (χ2v) is 2.96. The number of carboxylic acid groups (broad SMARTS) is 2. The molecule has 0 atom stereocenters. The minimum atomic E-state index is -1.49. The normalized spacial score (nSPS) is 9.82. The highest BCUT2D eigenvalue weighted by Gasteiger charge is 2.26. The molecule has 7 heteroatoms. The molecule has 0 saturated carbocycles. The smallest absolute Gasteiger partial charge is 0.339 e. The third-order valence-electron chi connectivity index (χ3n) is 2.05. The van der Waals surface area contributed by atoms with E-state index in [4.69, 9.17) is 10.2 Å². The summed E-state index contributed by atoms with van der Waals surface area (Å²) >= 11 is 0. The lowest BCUT2D eigenvalue weighted by Crippen LogP contribution is -2.09. The van der Waals surface area contributed by atoms with E-state index in [1.807, 2.05) is 0 Å². The number of rotatable bonds is 4. The largest absolute Gasteiger partial charge is 0.493 e. The quantitative estimate of drug-likeness (QED) is 0.827. The van der Waals surface area contributed by atoms with E-state index in [9.17, 15) is 14.0 Å². The van der Waals surface area contributed by atoms with Gasteiger partial charge in [-0.2, -0.15) is 4.39 Å². The molecule has 0 saturated heterocycles. The number of halogens is 1. The summed E-state index contributed by atoms with van der Waals surface area (Å²) in [4.78, 5) is 21.7. The summed E-state index contributed by atoms with van der Waals surface area (Å²) in [5.41, 5.74) is -1.16. The van der Waals surface area contributed by atoms with Gasteiger partial charge in [-0.1, -0.05) is 0 Å². The molecular weight excluding hydrogens is 235 g/mol. The molecule has 0 unspecified atom stereocenters. The van der Waals surface area contributed by atoms with Crippen LogP contribution in [0.15, 0.2) is 6.07 Å². The number of benzene rings is 1. The topological polar surface area (TPSA) is 93.1 Å². The highest BCUT2D eigenvalue weighted by atomic mass is 19.1. The van der Waals surface area contributed by atoms with Crippen LogP contribution in [0.5, 0.6) is 11.5 Å². The lowest BCUT2D eigenvalue weighted by molar-refractivity contribution is 0.0691. The summed E-state index contributed by atoms with van der Waals surface area (Å²) in [5.74, 6) is -5.29. The van der Waals surface area contributed by atoms with Gasteiger partial charge in [0, 0.05) is 0 Å². The Kier molecular flexibility index (Phi) is 3.52. The van der Waals surface area contributed by atoms with Crippen molar-refractivity contribution in [2.45, 2.75) is 0 Å². The van der Waals surface area contributed by atoms with Crippen LogP contribution in [0.3, 0.4) is 0 Å². The molecule has 0 aliphatic carbocycles. The molecule has 0 bridgehead atoms. The van der Waals surface area contributed by atoms with Gasteiger partial charge in [0.2, 0.25) is 5.82 Å². The molecule has 0 aliphatic heterocycles. The lowest BCUT2D eigenvalue weighted by Gasteiger charge is -2.12. The van der Waals surface area contributed by atoms with Crippen LogP contribution >= 0.6 is 0 Å². The minimum absolute atomic E-state index is 0.570. The zero-order valence-electron chi connectivity index (χ0n) is 8.98. The molecule has 0 fully saturated rings. The van der Waals surface area contributed by atoms with Gasteiger partial charge in [-0.25, -0.2) is 9.59 Å². The van der Waals surface area contributed by atoms with Crippen molar-refractivity contribution in [3.63, 3.8) is 0 Å². The van der Waals surface area contributed by atoms with Gasteiger partial charge in [-0.05, 0) is 6.07 Å². The average Bonchev–Trinajstić information content (AvgIpc) is 2.27. The fourth-order valence-electron chi connectivity index (χ4n) is 1.33. The second-order valence-electron chi connectivity index (χ2n) is 2.96. The molecule has 1 aromatic rings. The van der Waals surface area contributed by atoms with E-state index in [0.29, 0.717) is 0 Å². The molecule has 0 spiro atoms. The van der Waals surface area contributed by atoms with Gasteiger partial charge in [-0.15, -0.1) is 0 Å². The fraction of sp³-hybridized carbons (Fsp3) is 0.200. The van der Waals surface area contributed by atoms with Crippen LogP contribution in [-0.2, 0) is 0 Å². The molecule has 0 aromatic heterocycles. The highest BCUT2D eigenvalue weighted by Crippen LogP contribution is 2.34. The Morgan fingerprint density at radius 2 is 1.41 bits per heavy atom. The third-order valence-corrected chi connectivity index (χ3v) is 2.05. The van der Waals surface area contributed by atoms with Crippen LogP contribution in [0.4, 0.5) is 4.39 Å². The summed E-state index contributed by atoms with van der Waals surface area (Å²) in [6.45, 7) is 0. The van der Waals surface area contributed by atoms with Crippen molar-refractivity contribution in [1.29, 1.82) is 0 Å². The summed E-state index contributed by atoms with van der Waals surface area (Å²) in [7, 11) is 2.15. The zero-order valence-corrected chi connectivity index (χ0v) is 8.98. The van der Waals surface area contributed by atoms with Crippen molar-refractivity contribution in [2.75, 3.05) is 14.2 Å². The predicted octanol–water partition coefficient (Wildman–Crippen LogP) is 1.24. The van der Waals surface area contributed by atoms with Crippen molar-refractivity contribution in [3.8, 4) is 11.5 Å². The van der Waals surface area contributed by atoms with Gasteiger partial charge in [0.25, 0.3) is 0 Å². The first-order valence-electron chi connectivity index (χ1n) is 4.35. The highest BCUT2D eigenvalue weighted by molar-refractivity contribution is 5.98. The Morgan fingerprint density at radius 1 is 1.06 bits per heavy atom. The van der Waals surface area contributed by atoms with Gasteiger partial charge in [0.05, 0.1) is 14.2 Å². The maximum absolute atomic E-state index is 13.7. The Bertz CT molecular complexity index is 442. The maximum Gasteiger partial charge on any atom is 0.339 e. The van der Waals surface area contributed by atoms with Crippen LogP contribution in [0.25, 0.3) is 0 Å². The lowest BCUT2D eigenvalue weighted by atomic mass is 10.1. The van der Waals surface area contributed by atoms with E-state index in [0.717, 1.165) is 20.3 Å². The number of methoxy groups -OCH3 is 2. The zero-order chi connectivity index (χ0) is 13.2. The summed E-state index contributed by atoms with van der Waals surface area (Å²) in [5, 5.41) is 17.6. The van der Waals surface area contributed by atoms with E-state index < -0.39 is 40.4 Å². The van der Waals surface area contributed by atoms with Gasteiger partial charge >= 0.3 is 11.9 Å². The van der Waals surface area contributed by atoms with Gasteiger partial charge in [0.15, 0.2) is 11.5 Å². The van der Waals surface area contributed by atoms with Gasteiger partial charge in [-0.3, -0.25) is 0 Å². The summed E-state index contributed by atoms with van der Waals surface area (Å²) in [6.07, 6.45) is 0. The first-order chi connectivity index (χ1) is 7.93. The van der Waals surface area contributed by atoms with Crippen LogP contribution in [0, 0.1) is 5.82 Å². The van der Waals surface area contributed by atoms with E-state index in [-0.39, 0.29) is 0 Å². The predicted molar refractivity (Wildman–Crippen MR) is 53.4 cm³/mol. The first-order valence-corrected chi connectivity index (χ1v) is 4.35. The fourth-order valence-corrected chi connectivity index (χ4v) is 1.33. The van der Waals surface area contributed by atoms with E-state index in [2.05, 4.69) is 9.47 Å². The Labute approximate surface area is 95.2 Å². The SMILES string of the molecule is COc1c(C(=O)O)cc(C(=O)O)c(OC)c1F. The van der Waals surface area contributed by atoms with E-state index in [1.165, 1.54) is 0 Å². The van der Waals surface area contributed by atoms with Crippen LogP contribution in [-0.4, -0.2) is 36.4 Å². The van der Waals surface area contributed by atoms with Gasteiger partial charge < -0.3 is 19.7 Å². The minimum Gasteiger partial charge on any atom is -0.493 e. The van der Waals surface area contributed by atoms with Crippen LogP contribution in [0.1, 0.15) is 20.7 Å². The molecule has 2 N–H and O–H groups in total. The van der Waals surface area contributed by atoms with E-state index >= 15 is 0 Å². The Morgan fingerprint density at radius 3 is 1.65 bits per heavy atom. The molecule has 0 heterocycles. The maximum atomic E-state index is 13.7. The number of aromatic carboxylic acids is 2. The standard InChI is InChI=1S/C10H9FO6/c1-16-7-4(9(12)13)3-5(10(14)15)8(17-2)6(7)11/h3H,1-2H3,(H,12,13)(H,14,15). The number of hydrogen-bond acceptors (Lipinski definition) is 4. The molecule has 17 heavy (non-hydrogen) atoms. The summed E-state index contributed by atoms with van der Waals surface area (Å²) < 4.78 is 22.9. The van der Waals surface area contributed by atoms with Crippen LogP contribution < -0.4 is 9.47 Å². The molecule has 0 aliphatic rings. The first kappa shape index (κ1) is 12.8. The Balaban J connectivity index is 3.66. The van der Waals surface area contributed by atoms with Crippen molar-refractivity contribution in [1.82, 2.24) is 0 Å². The van der Waals surface area contributed by atoms with Crippen molar-refractivity contribution in [3.05, 3.63) is 23.0 Å². The molecule has 92 valence electrons. The number of ether oxygens (including phenoxy) is 2. The second kappa shape index (κ2) is 4.69. The number of hydrogen-bond donors (Lipinski definition) is 2. The number of carbonyl (C=O) groups is 2. The number of carboxylic acids is 2. The molecule has 1 rings (SSSR count).